The molecule has 0 bridgehead atoms. The average Bonchev–Trinajstić information content (AvgIpc) is 3.18. The molecule has 0 spiro atoms. The van der Waals surface area contributed by atoms with Crippen LogP contribution >= 0.6 is 12.4 Å². The second-order valence-corrected chi connectivity index (χ2v) is 4.80. The van der Waals surface area contributed by atoms with Crippen LogP contribution in [0.2, 0.25) is 0 Å². The quantitative estimate of drug-likeness (QED) is 0.910. The van der Waals surface area contributed by atoms with E-state index >= 15 is 0 Å². The maximum absolute atomic E-state index is 8.74. The van der Waals surface area contributed by atoms with Crippen molar-refractivity contribution in [2.75, 3.05) is 5.32 Å². The Morgan fingerprint density at radius 3 is 2.40 bits per heavy atom. The monoisotopic (exact) mass is 286 g/mol. The lowest BCUT2D eigenvalue weighted by Gasteiger charge is -2.06. The maximum Gasteiger partial charge on any atom is 0.130 e. The summed E-state index contributed by atoms with van der Waals surface area (Å²) in [5.41, 5.74) is 8.59. The van der Waals surface area contributed by atoms with E-state index in [1.165, 1.54) is 5.56 Å². The number of nitriles is 1. The van der Waals surface area contributed by atoms with Gasteiger partial charge in [0.05, 0.1) is 11.6 Å². The Kier molecular flexibility index (Phi) is 4.23. The molecule has 20 heavy (non-hydrogen) atoms. The van der Waals surface area contributed by atoms with Crippen LogP contribution < -0.4 is 11.1 Å². The molecule has 2 aromatic rings. The Labute approximate surface area is 124 Å². The van der Waals surface area contributed by atoms with Gasteiger partial charge in [-0.05, 0) is 42.3 Å². The van der Waals surface area contributed by atoms with E-state index in [1.807, 2.05) is 24.4 Å². The van der Waals surface area contributed by atoms with E-state index in [0.717, 1.165) is 17.9 Å². The average molecular weight is 287 g/mol. The maximum atomic E-state index is 8.74. The van der Waals surface area contributed by atoms with Crippen LogP contribution in [-0.2, 0) is 0 Å². The highest BCUT2D eigenvalue weighted by Crippen LogP contribution is 2.38. The molecule has 1 aromatic carbocycles. The van der Waals surface area contributed by atoms with Crippen molar-refractivity contribution in [1.29, 1.82) is 5.26 Å². The smallest absolute Gasteiger partial charge is 0.130 e. The third-order valence-corrected chi connectivity index (χ3v) is 3.34. The van der Waals surface area contributed by atoms with Crippen LogP contribution in [0.15, 0.2) is 42.6 Å². The first kappa shape index (κ1) is 14.3. The number of nitrogens with two attached hydrogens (primary N) is 1. The van der Waals surface area contributed by atoms with Crippen molar-refractivity contribution >= 4 is 23.9 Å². The largest absolute Gasteiger partial charge is 0.340 e. The van der Waals surface area contributed by atoms with E-state index in [1.54, 1.807) is 12.1 Å². The first-order valence-corrected chi connectivity index (χ1v) is 6.25. The Hall–Kier alpha value is -2.09. The van der Waals surface area contributed by atoms with Gasteiger partial charge in [0.25, 0.3) is 0 Å². The number of halogens is 1. The summed E-state index contributed by atoms with van der Waals surface area (Å²) in [6.07, 6.45) is 2.94. The second-order valence-electron chi connectivity index (χ2n) is 4.80. The van der Waals surface area contributed by atoms with E-state index in [-0.39, 0.29) is 12.4 Å². The fourth-order valence-electron chi connectivity index (χ4n) is 2.07. The zero-order valence-electron chi connectivity index (χ0n) is 10.8. The first-order valence-electron chi connectivity index (χ1n) is 6.25. The molecule has 3 rings (SSSR count). The molecule has 4 nitrogen and oxygen atoms in total. The number of nitrogens with one attached hydrogen (secondary N) is 1. The lowest BCUT2D eigenvalue weighted by atomic mass is 10.2. The van der Waals surface area contributed by atoms with Gasteiger partial charge in [-0.25, -0.2) is 4.98 Å². The van der Waals surface area contributed by atoms with Crippen molar-refractivity contribution in [1.82, 2.24) is 4.98 Å². The fourth-order valence-corrected chi connectivity index (χ4v) is 2.07. The molecule has 1 aliphatic carbocycles. The van der Waals surface area contributed by atoms with E-state index < -0.39 is 0 Å². The molecular weight excluding hydrogens is 272 g/mol. The standard InChI is InChI=1S/C15H14N4.ClH/c16-8-10-1-4-12(5-2-10)19-15-6-3-11(9-18-15)13-7-14(13)17;/h1-6,9,13-14H,7,17H2,(H,18,19);1H. The van der Waals surface area contributed by atoms with E-state index in [0.29, 0.717) is 17.5 Å². The zero-order chi connectivity index (χ0) is 13.2. The molecule has 0 aliphatic heterocycles. The van der Waals surface area contributed by atoms with Crippen molar-refractivity contribution in [2.45, 2.75) is 18.4 Å². The molecule has 0 saturated heterocycles. The Balaban J connectivity index is 0.00000147. The SMILES string of the molecule is Cl.N#Cc1ccc(Nc2ccc(C3CC3N)cn2)cc1. The number of pyridine rings is 1. The topological polar surface area (TPSA) is 74.7 Å². The van der Waals surface area contributed by atoms with Gasteiger partial charge in [-0.3, -0.25) is 0 Å². The minimum atomic E-state index is 0. The van der Waals surface area contributed by atoms with Gasteiger partial charge in [-0.2, -0.15) is 5.26 Å². The molecular formula is C15H15ClN4. The van der Waals surface area contributed by atoms with Gasteiger partial charge < -0.3 is 11.1 Å². The van der Waals surface area contributed by atoms with Gasteiger partial charge in [0.1, 0.15) is 5.82 Å². The van der Waals surface area contributed by atoms with E-state index in [4.69, 9.17) is 11.0 Å². The Bertz CT molecular complexity index is 616. The number of rotatable bonds is 3. The third-order valence-electron chi connectivity index (χ3n) is 3.34. The van der Waals surface area contributed by atoms with E-state index in [2.05, 4.69) is 22.4 Å². The number of nitrogens with zero attached hydrogens (tertiary/aromatic N) is 2. The predicted molar refractivity (Wildman–Crippen MR) is 81.3 cm³/mol. The Morgan fingerprint density at radius 1 is 1.20 bits per heavy atom. The highest BCUT2D eigenvalue weighted by atomic mass is 35.5. The second kappa shape index (κ2) is 5.91. The molecule has 0 radical (unpaired) electrons. The molecule has 2 unspecified atom stereocenters. The van der Waals surface area contributed by atoms with Crippen molar-refractivity contribution in [3.05, 3.63) is 53.7 Å². The number of anilines is 2. The molecule has 1 aromatic heterocycles. The van der Waals surface area contributed by atoms with Crippen molar-refractivity contribution in [3.63, 3.8) is 0 Å². The highest BCUT2D eigenvalue weighted by molar-refractivity contribution is 5.85. The highest BCUT2D eigenvalue weighted by Gasteiger charge is 2.34. The molecule has 1 heterocycles. The van der Waals surface area contributed by atoms with E-state index in [9.17, 15) is 0 Å². The summed E-state index contributed by atoms with van der Waals surface area (Å²) in [4.78, 5) is 4.38. The summed E-state index contributed by atoms with van der Waals surface area (Å²) in [5.74, 6) is 1.28. The normalized spacial score (nSPS) is 19.6. The number of hydrogen-bond donors (Lipinski definition) is 2. The molecule has 1 aliphatic rings. The zero-order valence-corrected chi connectivity index (χ0v) is 11.6. The van der Waals surface area contributed by atoms with Crippen molar-refractivity contribution in [3.8, 4) is 6.07 Å². The molecule has 1 saturated carbocycles. The van der Waals surface area contributed by atoms with Crippen LogP contribution in [0, 0.1) is 11.3 Å². The summed E-state index contributed by atoms with van der Waals surface area (Å²) in [6.45, 7) is 0. The van der Waals surface area contributed by atoms with Crippen LogP contribution in [0.4, 0.5) is 11.5 Å². The number of hydrogen-bond acceptors (Lipinski definition) is 4. The van der Waals surface area contributed by atoms with Gasteiger partial charge in [0.15, 0.2) is 0 Å². The summed E-state index contributed by atoms with van der Waals surface area (Å²) in [5, 5.41) is 11.9. The fraction of sp³-hybridized carbons (Fsp3) is 0.200. The van der Waals surface area contributed by atoms with Gasteiger partial charge >= 0.3 is 0 Å². The van der Waals surface area contributed by atoms with Gasteiger partial charge in [0.2, 0.25) is 0 Å². The molecule has 0 amide bonds. The van der Waals surface area contributed by atoms with Gasteiger partial charge in [-0.1, -0.05) is 6.07 Å². The third kappa shape index (κ3) is 3.08. The molecule has 102 valence electrons. The molecule has 2 atom stereocenters. The van der Waals surface area contributed by atoms with Gasteiger partial charge in [-0.15, -0.1) is 12.4 Å². The predicted octanol–water partition coefficient (Wildman–Crippen LogP) is 2.93. The minimum Gasteiger partial charge on any atom is -0.340 e. The van der Waals surface area contributed by atoms with Crippen LogP contribution in [0.1, 0.15) is 23.5 Å². The number of benzene rings is 1. The van der Waals surface area contributed by atoms with Crippen LogP contribution in [0.5, 0.6) is 0 Å². The van der Waals surface area contributed by atoms with Crippen LogP contribution in [0.3, 0.4) is 0 Å². The van der Waals surface area contributed by atoms with Crippen molar-refractivity contribution < 1.29 is 0 Å². The molecule has 5 heteroatoms. The summed E-state index contributed by atoms with van der Waals surface area (Å²) < 4.78 is 0. The molecule has 1 fully saturated rings. The lowest BCUT2D eigenvalue weighted by molar-refractivity contribution is 0.981. The minimum absolute atomic E-state index is 0. The lowest BCUT2D eigenvalue weighted by Crippen LogP contribution is -2.01. The van der Waals surface area contributed by atoms with Crippen molar-refractivity contribution in [2.24, 2.45) is 5.73 Å². The molecule has 3 N–H and O–H groups in total. The van der Waals surface area contributed by atoms with Gasteiger partial charge in [0, 0.05) is 23.8 Å². The van der Waals surface area contributed by atoms with Crippen LogP contribution in [0.25, 0.3) is 0 Å². The summed E-state index contributed by atoms with van der Waals surface area (Å²) >= 11 is 0. The summed E-state index contributed by atoms with van der Waals surface area (Å²) in [7, 11) is 0. The number of aromatic nitrogens is 1. The Morgan fingerprint density at radius 2 is 1.90 bits per heavy atom. The van der Waals surface area contributed by atoms with Crippen LogP contribution in [-0.4, -0.2) is 11.0 Å². The summed E-state index contributed by atoms with van der Waals surface area (Å²) in [6, 6.07) is 13.7. The first-order chi connectivity index (χ1) is 9.26.